The third kappa shape index (κ3) is 3.50. The summed E-state index contributed by atoms with van der Waals surface area (Å²) in [6.07, 6.45) is 0. The standard InChI is InChI=1S/C20H19N3O3S/c1-2-26-16-10-8-14(9-11-16)20(24)21-19-17-12-27(25)13-18(17)22-23(19)15-6-4-3-5-7-15/h3-11H,2,12-13H2,1H3,(H,21,24)/t27-/m1/s1. The monoisotopic (exact) mass is 381 g/mol. The normalized spacial score (nSPS) is 15.4. The van der Waals surface area contributed by atoms with Crippen molar-refractivity contribution in [2.75, 3.05) is 11.9 Å². The molecule has 138 valence electrons. The number of nitrogens with zero attached hydrogens (tertiary/aromatic N) is 2. The summed E-state index contributed by atoms with van der Waals surface area (Å²) in [5, 5.41) is 7.55. The van der Waals surface area contributed by atoms with Crippen LogP contribution in [0.2, 0.25) is 0 Å². The third-order valence-corrected chi connectivity index (χ3v) is 5.54. The molecule has 1 amide bonds. The van der Waals surface area contributed by atoms with Crippen molar-refractivity contribution in [2.45, 2.75) is 18.4 Å². The minimum atomic E-state index is -0.972. The van der Waals surface area contributed by atoms with E-state index in [1.807, 2.05) is 37.3 Å². The van der Waals surface area contributed by atoms with Crippen LogP contribution in [0.25, 0.3) is 5.69 Å². The Morgan fingerprint density at radius 3 is 2.59 bits per heavy atom. The molecule has 1 N–H and O–H groups in total. The quantitative estimate of drug-likeness (QED) is 0.736. The molecule has 0 unspecified atom stereocenters. The van der Waals surface area contributed by atoms with Gasteiger partial charge in [0.2, 0.25) is 0 Å². The fraction of sp³-hybridized carbons (Fsp3) is 0.200. The highest BCUT2D eigenvalue weighted by molar-refractivity contribution is 7.83. The fourth-order valence-corrected chi connectivity index (χ4v) is 4.33. The number of aromatic nitrogens is 2. The maximum atomic E-state index is 12.8. The van der Waals surface area contributed by atoms with E-state index in [1.165, 1.54) is 0 Å². The Hall–Kier alpha value is -2.93. The molecule has 7 heteroatoms. The molecule has 0 saturated heterocycles. The van der Waals surface area contributed by atoms with Gasteiger partial charge < -0.3 is 10.1 Å². The Morgan fingerprint density at radius 1 is 1.15 bits per heavy atom. The van der Waals surface area contributed by atoms with Crippen LogP contribution in [0.15, 0.2) is 54.6 Å². The van der Waals surface area contributed by atoms with Gasteiger partial charge in [-0.15, -0.1) is 0 Å². The van der Waals surface area contributed by atoms with Crippen LogP contribution in [0.1, 0.15) is 28.5 Å². The predicted molar refractivity (Wildman–Crippen MR) is 105 cm³/mol. The summed E-state index contributed by atoms with van der Waals surface area (Å²) in [7, 11) is -0.972. The minimum absolute atomic E-state index is 0.240. The summed E-state index contributed by atoms with van der Waals surface area (Å²) >= 11 is 0. The molecule has 0 saturated carbocycles. The smallest absolute Gasteiger partial charge is 0.256 e. The van der Waals surface area contributed by atoms with Crippen LogP contribution in [0.3, 0.4) is 0 Å². The first-order valence-corrected chi connectivity index (χ1v) is 10.2. The summed E-state index contributed by atoms with van der Waals surface area (Å²) in [6.45, 7) is 2.49. The molecule has 0 spiro atoms. The minimum Gasteiger partial charge on any atom is -0.494 e. The summed E-state index contributed by atoms with van der Waals surface area (Å²) in [6, 6.07) is 16.6. The number of hydrogen-bond donors (Lipinski definition) is 1. The topological polar surface area (TPSA) is 73.2 Å². The molecule has 1 atom stereocenters. The SMILES string of the molecule is CCOc1ccc(C(=O)Nc2c3c(nn2-c2ccccc2)C[S@](=O)C3)cc1. The summed E-state index contributed by atoms with van der Waals surface area (Å²) in [5.41, 5.74) is 2.99. The van der Waals surface area contributed by atoms with E-state index in [2.05, 4.69) is 10.4 Å². The first kappa shape index (κ1) is 17.5. The zero-order valence-corrected chi connectivity index (χ0v) is 15.7. The molecular weight excluding hydrogens is 362 g/mol. The molecule has 1 aliphatic rings. The van der Waals surface area contributed by atoms with Gasteiger partial charge in [-0.05, 0) is 43.3 Å². The van der Waals surface area contributed by atoms with Crippen molar-refractivity contribution in [3.05, 3.63) is 71.4 Å². The van der Waals surface area contributed by atoms with Crippen molar-refractivity contribution >= 4 is 22.5 Å². The van der Waals surface area contributed by atoms with Crippen molar-refractivity contribution in [1.29, 1.82) is 0 Å². The van der Waals surface area contributed by atoms with Gasteiger partial charge in [0, 0.05) is 21.9 Å². The molecule has 1 aliphatic heterocycles. The van der Waals surface area contributed by atoms with Gasteiger partial charge in [0.15, 0.2) is 0 Å². The van der Waals surface area contributed by atoms with Crippen LogP contribution in [0, 0.1) is 0 Å². The number of benzene rings is 2. The molecule has 1 aromatic heterocycles. The number of ether oxygens (including phenoxy) is 1. The second kappa shape index (κ2) is 7.36. The Balaban J connectivity index is 1.66. The number of hydrogen-bond acceptors (Lipinski definition) is 4. The number of anilines is 1. The van der Waals surface area contributed by atoms with Gasteiger partial charge >= 0.3 is 0 Å². The van der Waals surface area contributed by atoms with E-state index in [0.29, 0.717) is 29.5 Å². The molecule has 2 aromatic carbocycles. The van der Waals surface area contributed by atoms with Crippen LogP contribution in [0.4, 0.5) is 5.82 Å². The van der Waals surface area contributed by atoms with Crippen molar-refractivity contribution in [3.8, 4) is 11.4 Å². The zero-order chi connectivity index (χ0) is 18.8. The number of nitrogens with one attached hydrogen (secondary N) is 1. The number of amides is 1. The highest BCUT2D eigenvalue weighted by Crippen LogP contribution is 2.31. The average molecular weight is 381 g/mol. The molecule has 0 fully saturated rings. The van der Waals surface area contributed by atoms with Crippen LogP contribution < -0.4 is 10.1 Å². The number of carbonyl (C=O) groups is 1. The lowest BCUT2D eigenvalue weighted by Gasteiger charge is -2.11. The first-order chi connectivity index (χ1) is 13.2. The Bertz CT molecular complexity index is 997. The van der Waals surface area contributed by atoms with Crippen LogP contribution >= 0.6 is 0 Å². The van der Waals surface area contributed by atoms with E-state index in [9.17, 15) is 9.00 Å². The fourth-order valence-electron chi connectivity index (χ4n) is 3.06. The van der Waals surface area contributed by atoms with Gasteiger partial charge in [0.05, 0.1) is 29.5 Å². The van der Waals surface area contributed by atoms with Crippen molar-refractivity contribution in [3.63, 3.8) is 0 Å². The second-order valence-electron chi connectivity index (χ2n) is 6.16. The van der Waals surface area contributed by atoms with Gasteiger partial charge in [0.1, 0.15) is 11.6 Å². The highest BCUT2D eigenvalue weighted by atomic mass is 32.2. The number of para-hydroxylation sites is 1. The Kier molecular flexibility index (Phi) is 4.77. The molecule has 4 rings (SSSR count). The van der Waals surface area contributed by atoms with Crippen molar-refractivity contribution in [2.24, 2.45) is 0 Å². The van der Waals surface area contributed by atoms with E-state index in [1.54, 1.807) is 28.9 Å². The van der Waals surface area contributed by atoms with Gasteiger partial charge in [0.25, 0.3) is 5.91 Å². The molecular formula is C20H19N3O3S. The molecule has 6 nitrogen and oxygen atoms in total. The summed E-state index contributed by atoms with van der Waals surface area (Å²) < 4.78 is 19.1. The maximum Gasteiger partial charge on any atom is 0.256 e. The van der Waals surface area contributed by atoms with Gasteiger partial charge in [-0.25, -0.2) is 4.68 Å². The summed E-state index contributed by atoms with van der Waals surface area (Å²) in [4.78, 5) is 12.8. The molecule has 2 heterocycles. The number of carbonyl (C=O) groups excluding carboxylic acids is 1. The van der Waals surface area contributed by atoms with Crippen LogP contribution in [-0.4, -0.2) is 26.5 Å². The van der Waals surface area contributed by atoms with Crippen LogP contribution in [-0.2, 0) is 22.3 Å². The maximum absolute atomic E-state index is 12.8. The summed E-state index contributed by atoms with van der Waals surface area (Å²) in [5.74, 6) is 1.89. The lowest BCUT2D eigenvalue weighted by atomic mass is 10.2. The van der Waals surface area contributed by atoms with E-state index < -0.39 is 10.8 Å². The van der Waals surface area contributed by atoms with E-state index in [0.717, 1.165) is 22.7 Å². The molecule has 27 heavy (non-hydrogen) atoms. The van der Waals surface area contributed by atoms with Crippen molar-refractivity contribution < 1.29 is 13.7 Å². The predicted octanol–water partition coefficient (Wildman–Crippen LogP) is 3.29. The lowest BCUT2D eigenvalue weighted by molar-refractivity contribution is 0.102. The van der Waals surface area contributed by atoms with Gasteiger partial charge in [-0.3, -0.25) is 9.00 Å². The zero-order valence-electron chi connectivity index (χ0n) is 14.8. The number of fused-ring (bicyclic) bond motifs is 1. The lowest BCUT2D eigenvalue weighted by Crippen LogP contribution is -2.16. The molecule has 3 aromatic rings. The second-order valence-corrected chi connectivity index (χ2v) is 7.62. The van der Waals surface area contributed by atoms with E-state index in [4.69, 9.17) is 4.74 Å². The average Bonchev–Trinajstić information content (AvgIpc) is 3.20. The third-order valence-electron chi connectivity index (χ3n) is 4.33. The number of rotatable bonds is 5. The van der Waals surface area contributed by atoms with Gasteiger partial charge in [-0.1, -0.05) is 18.2 Å². The first-order valence-electron chi connectivity index (χ1n) is 8.71. The van der Waals surface area contributed by atoms with Crippen molar-refractivity contribution in [1.82, 2.24) is 9.78 Å². The van der Waals surface area contributed by atoms with E-state index >= 15 is 0 Å². The molecule has 0 radical (unpaired) electrons. The van der Waals surface area contributed by atoms with Crippen LogP contribution in [0.5, 0.6) is 5.75 Å². The van der Waals surface area contributed by atoms with E-state index in [-0.39, 0.29) is 5.91 Å². The Labute approximate surface area is 159 Å². The van der Waals surface area contributed by atoms with Gasteiger partial charge in [-0.2, -0.15) is 5.10 Å². The molecule has 0 bridgehead atoms. The highest BCUT2D eigenvalue weighted by Gasteiger charge is 2.28. The largest absolute Gasteiger partial charge is 0.494 e. The molecule has 0 aliphatic carbocycles. The Morgan fingerprint density at radius 2 is 1.89 bits per heavy atom.